The zero-order valence-electron chi connectivity index (χ0n) is 16.8. The molecule has 27 heavy (non-hydrogen) atoms. The predicted molar refractivity (Wildman–Crippen MR) is 113 cm³/mol. The van der Waals surface area contributed by atoms with Crippen LogP contribution in [0.3, 0.4) is 0 Å². The molecule has 1 aliphatic rings. The van der Waals surface area contributed by atoms with Gasteiger partial charge in [-0.2, -0.15) is 0 Å². The van der Waals surface area contributed by atoms with Gasteiger partial charge in [0, 0.05) is 25.2 Å². The van der Waals surface area contributed by atoms with Gasteiger partial charge in [0.15, 0.2) is 0 Å². The lowest BCUT2D eigenvalue weighted by atomic mass is 9.82. The monoisotopic (exact) mass is 384 g/mol. The van der Waals surface area contributed by atoms with Gasteiger partial charge in [-0.15, -0.1) is 0 Å². The number of hydrogen-bond acceptors (Lipinski definition) is 3. The van der Waals surface area contributed by atoms with Crippen LogP contribution in [0.25, 0.3) is 0 Å². The normalized spacial score (nSPS) is 17.6. The molecule has 2 aromatic rings. The van der Waals surface area contributed by atoms with Crippen molar-refractivity contribution in [1.82, 2.24) is 0 Å². The van der Waals surface area contributed by atoms with E-state index in [1.807, 2.05) is 0 Å². The predicted octanol–water partition coefficient (Wildman–Crippen LogP) is 3.35. The van der Waals surface area contributed by atoms with Gasteiger partial charge in [0.25, 0.3) is 8.32 Å². The number of benzene rings is 2. The fourth-order valence-electron chi connectivity index (χ4n) is 4.18. The molecule has 0 bridgehead atoms. The van der Waals surface area contributed by atoms with Crippen molar-refractivity contribution < 1.29 is 14.3 Å². The largest absolute Gasteiger partial charge is 0.407 e. The van der Waals surface area contributed by atoms with E-state index in [1.165, 1.54) is 10.4 Å². The van der Waals surface area contributed by atoms with Crippen LogP contribution in [-0.4, -0.2) is 39.9 Å². The van der Waals surface area contributed by atoms with E-state index >= 15 is 0 Å². The molecule has 0 aromatic heterocycles. The Kier molecular flexibility index (Phi) is 6.21. The van der Waals surface area contributed by atoms with E-state index in [1.54, 1.807) is 0 Å². The minimum absolute atomic E-state index is 0.0441. The quantitative estimate of drug-likeness (QED) is 0.776. The maximum absolute atomic E-state index is 10.2. The first kappa shape index (κ1) is 20.3. The Hall–Kier alpha value is -1.46. The van der Waals surface area contributed by atoms with Gasteiger partial charge in [-0.05, 0) is 28.3 Å². The van der Waals surface area contributed by atoms with Crippen molar-refractivity contribution in [1.29, 1.82) is 0 Å². The highest BCUT2D eigenvalue weighted by Gasteiger charge is 2.51. The fraction of sp³-hybridized carbons (Fsp3) is 0.478. The third-order valence-electron chi connectivity index (χ3n) is 5.90. The third-order valence-corrected chi connectivity index (χ3v) is 10.9. The van der Waals surface area contributed by atoms with E-state index in [0.717, 1.165) is 12.8 Å². The summed E-state index contributed by atoms with van der Waals surface area (Å²) in [6, 6.07) is 21.4. The summed E-state index contributed by atoms with van der Waals surface area (Å²) in [4.78, 5) is 0. The molecule has 1 fully saturated rings. The Morgan fingerprint density at radius 3 is 1.81 bits per heavy atom. The molecule has 0 unspecified atom stereocenters. The van der Waals surface area contributed by atoms with Crippen molar-refractivity contribution in [2.75, 3.05) is 26.4 Å². The fourth-order valence-corrected chi connectivity index (χ4v) is 8.85. The SMILES string of the molecule is CC(C)(C)[Si](OCC1(CO)CCOCC1)(c1ccccc1)c1ccccc1. The number of aliphatic hydroxyl groups is 1. The van der Waals surface area contributed by atoms with E-state index < -0.39 is 8.32 Å². The molecule has 1 aliphatic heterocycles. The summed E-state index contributed by atoms with van der Waals surface area (Å²) >= 11 is 0. The highest BCUT2D eigenvalue weighted by molar-refractivity contribution is 6.99. The Morgan fingerprint density at radius 1 is 0.926 bits per heavy atom. The number of rotatable bonds is 6. The Bertz CT molecular complexity index is 664. The smallest absolute Gasteiger partial charge is 0.261 e. The van der Waals surface area contributed by atoms with Crippen LogP contribution in [0.5, 0.6) is 0 Å². The molecule has 2 aromatic carbocycles. The lowest BCUT2D eigenvalue weighted by Gasteiger charge is -2.46. The second-order valence-corrected chi connectivity index (χ2v) is 13.0. The minimum atomic E-state index is -2.55. The van der Waals surface area contributed by atoms with Crippen molar-refractivity contribution >= 4 is 18.7 Å². The first-order valence-corrected chi connectivity index (χ1v) is 11.8. The summed E-state index contributed by atoms with van der Waals surface area (Å²) < 4.78 is 12.6. The zero-order valence-corrected chi connectivity index (χ0v) is 17.8. The van der Waals surface area contributed by atoms with Crippen LogP contribution in [0.4, 0.5) is 0 Å². The van der Waals surface area contributed by atoms with Crippen LogP contribution >= 0.6 is 0 Å². The maximum atomic E-state index is 10.2. The zero-order chi connectivity index (χ0) is 19.4. The molecule has 0 radical (unpaired) electrons. The standard InChI is InChI=1S/C23H32O3Si/c1-22(2,3)27(20-10-6-4-7-11-20,21-12-8-5-9-13-21)26-19-23(18-24)14-16-25-17-15-23/h4-13,24H,14-19H2,1-3H3. The summed E-state index contributed by atoms with van der Waals surface area (Å²) in [6.07, 6.45) is 1.70. The number of aliphatic hydroxyl groups excluding tert-OH is 1. The molecule has 1 heterocycles. The van der Waals surface area contributed by atoms with Crippen molar-refractivity contribution in [3.05, 3.63) is 60.7 Å². The van der Waals surface area contributed by atoms with Crippen molar-refractivity contribution in [3.8, 4) is 0 Å². The molecule has 4 heteroatoms. The van der Waals surface area contributed by atoms with E-state index in [-0.39, 0.29) is 17.1 Å². The highest BCUT2D eigenvalue weighted by atomic mass is 28.4. The average Bonchev–Trinajstić information content (AvgIpc) is 2.70. The lowest BCUT2D eigenvalue weighted by molar-refractivity contribution is -0.0414. The van der Waals surface area contributed by atoms with Crippen LogP contribution in [0.1, 0.15) is 33.6 Å². The summed E-state index contributed by atoms with van der Waals surface area (Å²) in [5.74, 6) is 0. The van der Waals surface area contributed by atoms with Gasteiger partial charge in [-0.3, -0.25) is 0 Å². The molecule has 0 spiro atoms. The molecular formula is C23H32O3Si. The van der Waals surface area contributed by atoms with Crippen LogP contribution < -0.4 is 10.4 Å². The molecule has 3 rings (SSSR count). The van der Waals surface area contributed by atoms with E-state index in [0.29, 0.717) is 19.8 Å². The topological polar surface area (TPSA) is 38.7 Å². The van der Waals surface area contributed by atoms with E-state index in [9.17, 15) is 5.11 Å². The first-order valence-electron chi connectivity index (χ1n) is 9.87. The highest BCUT2D eigenvalue weighted by Crippen LogP contribution is 2.39. The summed E-state index contributed by atoms with van der Waals surface area (Å²) in [6.45, 7) is 8.97. The summed E-state index contributed by atoms with van der Waals surface area (Å²) in [5, 5.41) is 12.7. The molecule has 146 valence electrons. The molecule has 0 saturated carbocycles. The Labute approximate surface area is 164 Å². The second-order valence-electron chi connectivity index (χ2n) is 8.72. The number of ether oxygens (including phenoxy) is 1. The molecule has 1 saturated heterocycles. The lowest BCUT2D eigenvalue weighted by Crippen LogP contribution is -2.67. The maximum Gasteiger partial charge on any atom is 0.261 e. The van der Waals surface area contributed by atoms with E-state index in [2.05, 4.69) is 81.4 Å². The van der Waals surface area contributed by atoms with E-state index in [4.69, 9.17) is 9.16 Å². The van der Waals surface area contributed by atoms with Gasteiger partial charge in [0.05, 0.1) is 6.61 Å². The Balaban J connectivity index is 2.06. The molecule has 1 N–H and O–H groups in total. The van der Waals surface area contributed by atoms with Gasteiger partial charge in [0.2, 0.25) is 0 Å². The van der Waals surface area contributed by atoms with Crippen LogP contribution in [0.15, 0.2) is 60.7 Å². The molecule has 0 amide bonds. The van der Waals surface area contributed by atoms with Crippen LogP contribution in [-0.2, 0) is 9.16 Å². The molecule has 0 atom stereocenters. The Morgan fingerprint density at radius 2 is 1.41 bits per heavy atom. The van der Waals surface area contributed by atoms with Gasteiger partial charge in [-0.25, -0.2) is 0 Å². The van der Waals surface area contributed by atoms with Gasteiger partial charge in [-0.1, -0.05) is 81.4 Å². The first-order chi connectivity index (χ1) is 12.9. The number of hydrogen-bond donors (Lipinski definition) is 1. The second kappa shape index (κ2) is 8.27. The van der Waals surface area contributed by atoms with Crippen LogP contribution in [0, 0.1) is 5.41 Å². The van der Waals surface area contributed by atoms with Gasteiger partial charge < -0.3 is 14.3 Å². The van der Waals surface area contributed by atoms with Crippen molar-refractivity contribution in [2.24, 2.45) is 5.41 Å². The summed E-state index contributed by atoms with van der Waals surface area (Å²) in [7, 11) is -2.55. The minimum Gasteiger partial charge on any atom is -0.407 e. The van der Waals surface area contributed by atoms with Crippen molar-refractivity contribution in [2.45, 2.75) is 38.7 Å². The van der Waals surface area contributed by atoms with Crippen LogP contribution in [0.2, 0.25) is 5.04 Å². The third kappa shape index (κ3) is 4.04. The van der Waals surface area contributed by atoms with Crippen molar-refractivity contribution in [3.63, 3.8) is 0 Å². The molecule has 3 nitrogen and oxygen atoms in total. The average molecular weight is 385 g/mol. The summed E-state index contributed by atoms with van der Waals surface area (Å²) in [5.41, 5.74) is -0.203. The molecular weight excluding hydrogens is 352 g/mol. The van der Waals surface area contributed by atoms with Gasteiger partial charge >= 0.3 is 0 Å². The molecule has 0 aliphatic carbocycles. The van der Waals surface area contributed by atoms with Gasteiger partial charge in [0.1, 0.15) is 0 Å².